The van der Waals surface area contributed by atoms with Crippen LogP contribution in [0.1, 0.15) is 18.4 Å². The van der Waals surface area contributed by atoms with Gasteiger partial charge >= 0.3 is 0 Å². The third-order valence-electron chi connectivity index (χ3n) is 2.83. The highest BCUT2D eigenvalue weighted by Crippen LogP contribution is 2.20. The van der Waals surface area contributed by atoms with Crippen molar-refractivity contribution in [2.24, 2.45) is 0 Å². The van der Waals surface area contributed by atoms with Gasteiger partial charge in [0.1, 0.15) is 0 Å². The molecule has 1 heterocycles. The second-order valence-electron chi connectivity index (χ2n) is 4.10. The van der Waals surface area contributed by atoms with Crippen molar-refractivity contribution in [1.82, 2.24) is 5.32 Å². The zero-order valence-corrected chi connectivity index (χ0v) is 11.2. The van der Waals surface area contributed by atoms with Gasteiger partial charge in [0.25, 0.3) is 0 Å². The summed E-state index contributed by atoms with van der Waals surface area (Å²) in [5.41, 5.74) is 1.82. The minimum absolute atomic E-state index is 0. The van der Waals surface area contributed by atoms with Gasteiger partial charge in [-0.3, -0.25) is 4.79 Å². The topological polar surface area (TPSA) is 41.1 Å². The van der Waals surface area contributed by atoms with E-state index in [1.54, 1.807) is 6.07 Å². The Balaban J connectivity index is 0.00000144. The van der Waals surface area contributed by atoms with E-state index in [-0.39, 0.29) is 24.4 Å². The normalized spacial score (nSPS) is 18.6. The highest BCUT2D eigenvalue weighted by atomic mass is 35.5. The maximum absolute atomic E-state index is 11.9. The van der Waals surface area contributed by atoms with Gasteiger partial charge in [-0.2, -0.15) is 0 Å². The highest BCUT2D eigenvalue weighted by Gasteiger charge is 2.22. The molecule has 0 unspecified atom stereocenters. The Hall–Kier alpha value is -0.770. The van der Waals surface area contributed by atoms with Crippen molar-refractivity contribution in [3.63, 3.8) is 0 Å². The summed E-state index contributed by atoms with van der Waals surface area (Å²) in [5, 5.41) is 6.71. The van der Waals surface area contributed by atoms with Crippen molar-refractivity contribution >= 4 is 35.6 Å². The number of amides is 1. The van der Waals surface area contributed by atoms with Gasteiger partial charge in [0.05, 0.1) is 6.04 Å². The molecular formula is C12H16Cl2N2O. The lowest BCUT2D eigenvalue weighted by Crippen LogP contribution is -2.35. The molecule has 1 aliphatic rings. The lowest BCUT2D eigenvalue weighted by atomic mass is 10.1. The summed E-state index contributed by atoms with van der Waals surface area (Å²) in [5.74, 6) is 0.0304. The molecule has 3 nitrogen and oxygen atoms in total. The Morgan fingerprint density at radius 3 is 2.94 bits per heavy atom. The van der Waals surface area contributed by atoms with Crippen LogP contribution in [-0.4, -0.2) is 18.5 Å². The van der Waals surface area contributed by atoms with Crippen LogP contribution < -0.4 is 10.6 Å². The van der Waals surface area contributed by atoms with Crippen LogP contribution in [0, 0.1) is 6.92 Å². The number of benzene rings is 1. The summed E-state index contributed by atoms with van der Waals surface area (Å²) in [6.07, 6.45) is 1.97. The Bertz CT molecular complexity index is 403. The Morgan fingerprint density at radius 2 is 2.29 bits per heavy atom. The zero-order chi connectivity index (χ0) is 11.5. The highest BCUT2D eigenvalue weighted by molar-refractivity contribution is 6.31. The van der Waals surface area contributed by atoms with Gasteiger partial charge in [0, 0.05) is 10.7 Å². The molecule has 0 radical (unpaired) electrons. The van der Waals surface area contributed by atoms with E-state index in [1.807, 2.05) is 19.1 Å². The van der Waals surface area contributed by atoms with Gasteiger partial charge < -0.3 is 10.6 Å². The van der Waals surface area contributed by atoms with Gasteiger partial charge in [0.2, 0.25) is 5.91 Å². The SMILES string of the molecule is Cc1ccc(Cl)cc1NC(=O)[C@@H]1CCCN1.Cl. The van der Waals surface area contributed by atoms with Crippen LogP contribution in [0.4, 0.5) is 5.69 Å². The van der Waals surface area contributed by atoms with Crippen LogP contribution in [-0.2, 0) is 4.79 Å². The molecule has 2 N–H and O–H groups in total. The second kappa shape index (κ2) is 6.24. The Labute approximate surface area is 112 Å². The van der Waals surface area contributed by atoms with E-state index in [0.717, 1.165) is 30.6 Å². The molecule has 2 rings (SSSR count). The number of hydrogen-bond donors (Lipinski definition) is 2. The summed E-state index contributed by atoms with van der Waals surface area (Å²) >= 11 is 5.89. The van der Waals surface area contributed by atoms with E-state index in [4.69, 9.17) is 11.6 Å². The summed E-state index contributed by atoms with van der Waals surface area (Å²) < 4.78 is 0. The largest absolute Gasteiger partial charge is 0.324 e. The summed E-state index contributed by atoms with van der Waals surface area (Å²) in [6.45, 7) is 2.88. The van der Waals surface area contributed by atoms with Crippen molar-refractivity contribution in [3.8, 4) is 0 Å². The quantitative estimate of drug-likeness (QED) is 0.871. The molecule has 0 aromatic heterocycles. The van der Waals surface area contributed by atoms with Gasteiger partial charge in [-0.05, 0) is 44.0 Å². The first kappa shape index (κ1) is 14.3. The van der Waals surface area contributed by atoms with Crippen molar-refractivity contribution < 1.29 is 4.79 Å². The van der Waals surface area contributed by atoms with Crippen molar-refractivity contribution in [2.75, 3.05) is 11.9 Å². The minimum Gasteiger partial charge on any atom is -0.324 e. The smallest absolute Gasteiger partial charge is 0.241 e. The van der Waals surface area contributed by atoms with Crippen LogP contribution in [0.3, 0.4) is 0 Å². The number of nitrogens with one attached hydrogen (secondary N) is 2. The lowest BCUT2D eigenvalue weighted by Gasteiger charge is -2.13. The van der Waals surface area contributed by atoms with E-state index in [0.29, 0.717) is 5.02 Å². The molecule has 1 aromatic carbocycles. The molecule has 1 aromatic rings. The first-order valence-electron chi connectivity index (χ1n) is 5.47. The van der Waals surface area contributed by atoms with Crippen molar-refractivity contribution in [3.05, 3.63) is 28.8 Å². The van der Waals surface area contributed by atoms with Gasteiger partial charge in [-0.1, -0.05) is 17.7 Å². The molecule has 1 atom stereocenters. The number of carbonyl (C=O) groups is 1. The Morgan fingerprint density at radius 1 is 1.53 bits per heavy atom. The summed E-state index contributed by atoms with van der Waals surface area (Å²) in [7, 11) is 0. The molecular weight excluding hydrogens is 259 g/mol. The van der Waals surface area contributed by atoms with E-state index >= 15 is 0 Å². The molecule has 1 aliphatic heterocycles. The molecule has 0 bridgehead atoms. The average Bonchev–Trinajstić information content (AvgIpc) is 2.76. The molecule has 17 heavy (non-hydrogen) atoms. The summed E-state index contributed by atoms with van der Waals surface area (Å²) in [4.78, 5) is 11.9. The first-order chi connectivity index (χ1) is 7.66. The third-order valence-corrected chi connectivity index (χ3v) is 3.07. The molecule has 0 saturated carbocycles. The number of rotatable bonds is 2. The molecule has 0 spiro atoms. The maximum Gasteiger partial charge on any atom is 0.241 e. The maximum atomic E-state index is 11.9. The van der Waals surface area contributed by atoms with Crippen LogP contribution in [0.25, 0.3) is 0 Å². The molecule has 94 valence electrons. The molecule has 1 saturated heterocycles. The fourth-order valence-electron chi connectivity index (χ4n) is 1.86. The van der Waals surface area contributed by atoms with Crippen molar-refractivity contribution in [2.45, 2.75) is 25.8 Å². The van der Waals surface area contributed by atoms with Gasteiger partial charge in [0.15, 0.2) is 0 Å². The number of hydrogen-bond acceptors (Lipinski definition) is 2. The van der Waals surface area contributed by atoms with E-state index in [9.17, 15) is 4.79 Å². The predicted molar refractivity (Wildman–Crippen MR) is 73.1 cm³/mol. The van der Waals surface area contributed by atoms with Gasteiger partial charge in [-0.25, -0.2) is 0 Å². The van der Waals surface area contributed by atoms with Crippen LogP contribution >= 0.6 is 24.0 Å². The van der Waals surface area contributed by atoms with Crippen LogP contribution in [0.15, 0.2) is 18.2 Å². The molecule has 1 fully saturated rings. The number of anilines is 1. The van der Waals surface area contributed by atoms with Crippen molar-refractivity contribution in [1.29, 1.82) is 0 Å². The Kier molecular flexibility index (Phi) is 5.25. The second-order valence-corrected chi connectivity index (χ2v) is 4.53. The van der Waals surface area contributed by atoms with E-state index < -0.39 is 0 Å². The molecule has 1 amide bonds. The number of aryl methyl sites for hydroxylation is 1. The average molecular weight is 275 g/mol. The van der Waals surface area contributed by atoms with Crippen LogP contribution in [0.5, 0.6) is 0 Å². The summed E-state index contributed by atoms with van der Waals surface area (Å²) in [6, 6.07) is 5.45. The monoisotopic (exact) mass is 274 g/mol. The molecule has 0 aliphatic carbocycles. The van der Waals surface area contributed by atoms with E-state index in [2.05, 4.69) is 10.6 Å². The van der Waals surface area contributed by atoms with Crippen LogP contribution in [0.2, 0.25) is 5.02 Å². The number of carbonyl (C=O) groups excluding carboxylic acids is 1. The van der Waals surface area contributed by atoms with Gasteiger partial charge in [-0.15, -0.1) is 12.4 Å². The van der Waals surface area contributed by atoms with E-state index in [1.165, 1.54) is 0 Å². The fraction of sp³-hybridized carbons (Fsp3) is 0.417. The molecule has 5 heteroatoms. The first-order valence-corrected chi connectivity index (χ1v) is 5.85. The predicted octanol–water partition coefficient (Wildman–Crippen LogP) is 2.76. The number of halogens is 2. The minimum atomic E-state index is -0.0571. The zero-order valence-electron chi connectivity index (χ0n) is 9.63. The lowest BCUT2D eigenvalue weighted by molar-refractivity contribution is -0.117. The standard InChI is InChI=1S/C12H15ClN2O.ClH/c1-8-4-5-9(13)7-11(8)15-12(16)10-3-2-6-14-10;/h4-5,7,10,14H,2-3,6H2,1H3,(H,15,16);1H/t10-;/m0./s1. The third kappa shape index (κ3) is 3.60. The fourth-order valence-corrected chi connectivity index (χ4v) is 2.03.